The van der Waals surface area contributed by atoms with Crippen molar-refractivity contribution in [3.8, 4) is 0 Å². The molecule has 1 heterocycles. The van der Waals surface area contributed by atoms with Crippen LogP contribution in [0.3, 0.4) is 0 Å². The largest absolute Gasteiger partial charge is 0.417 e. The van der Waals surface area contributed by atoms with E-state index in [1.54, 1.807) is 11.3 Å². The fraction of sp³-hybridized carbons (Fsp3) is 0.625. The van der Waals surface area contributed by atoms with E-state index < -0.39 is 8.32 Å². The Morgan fingerprint density at radius 2 is 2.00 bits per heavy atom. The summed E-state index contributed by atoms with van der Waals surface area (Å²) in [5.41, 5.74) is 1.32. The summed E-state index contributed by atoms with van der Waals surface area (Å²) in [4.78, 5) is 0. The Balaban J connectivity index is 2.12. The molecule has 1 nitrogen and oxygen atoms in total. The van der Waals surface area contributed by atoms with Gasteiger partial charge in [0.1, 0.15) is 0 Å². The van der Waals surface area contributed by atoms with Gasteiger partial charge < -0.3 is 4.43 Å². The Hall–Kier alpha value is -0.383. The van der Waals surface area contributed by atoms with E-state index >= 15 is 0 Å². The minimum absolute atomic E-state index is 0.325. The smallest absolute Gasteiger partial charge is 0.191 e. The zero-order valence-corrected chi connectivity index (χ0v) is 14.8. The van der Waals surface area contributed by atoms with Crippen LogP contribution in [0.25, 0.3) is 6.08 Å². The van der Waals surface area contributed by atoms with Gasteiger partial charge in [-0.2, -0.15) is 11.3 Å². The minimum Gasteiger partial charge on any atom is -0.417 e. The van der Waals surface area contributed by atoms with Crippen molar-refractivity contribution in [1.29, 1.82) is 0 Å². The van der Waals surface area contributed by atoms with Crippen LogP contribution < -0.4 is 0 Å². The third kappa shape index (κ3) is 6.06. The molecule has 0 saturated heterocycles. The van der Waals surface area contributed by atoms with Crippen LogP contribution in [-0.2, 0) is 4.43 Å². The van der Waals surface area contributed by atoms with Crippen LogP contribution in [0.4, 0.5) is 0 Å². The van der Waals surface area contributed by atoms with Crippen LogP contribution in [0.5, 0.6) is 0 Å². The van der Waals surface area contributed by atoms with E-state index in [2.05, 4.69) is 62.8 Å². The minimum atomic E-state index is -1.53. The normalized spacial score (nSPS) is 13.3. The zero-order chi connectivity index (χ0) is 14.4. The second kappa shape index (κ2) is 7.41. The quantitative estimate of drug-likeness (QED) is 0.446. The topological polar surface area (TPSA) is 9.23 Å². The van der Waals surface area contributed by atoms with Gasteiger partial charge in [0, 0.05) is 6.61 Å². The SMILES string of the molecule is CC(C)(C)[Si](C)(C)OCCCC/C=C\c1ccsc1. The van der Waals surface area contributed by atoms with Crippen LogP contribution in [0.1, 0.15) is 45.6 Å². The fourth-order valence-corrected chi connectivity index (χ4v) is 3.21. The summed E-state index contributed by atoms with van der Waals surface area (Å²) >= 11 is 1.75. The Morgan fingerprint density at radius 1 is 1.26 bits per heavy atom. The molecular formula is C16H28OSSi. The molecule has 0 radical (unpaired) electrons. The van der Waals surface area contributed by atoms with E-state index in [9.17, 15) is 0 Å². The van der Waals surface area contributed by atoms with E-state index in [0.717, 1.165) is 13.0 Å². The van der Waals surface area contributed by atoms with Crippen molar-refractivity contribution < 1.29 is 4.43 Å². The predicted octanol–water partition coefficient (Wildman–Crippen LogP) is 5.95. The zero-order valence-electron chi connectivity index (χ0n) is 13.0. The average Bonchev–Trinajstić information content (AvgIpc) is 2.79. The van der Waals surface area contributed by atoms with Crippen molar-refractivity contribution in [3.63, 3.8) is 0 Å². The molecule has 0 spiro atoms. The number of thiophene rings is 1. The summed E-state index contributed by atoms with van der Waals surface area (Å²) in [5.74, 6) is 0. The van der Waals surface area contributed by atoms with Gasteiger partial charge in [-0.15, -0.1) is 0 Å². The van der Waals surface area contributed by atoms with Gasteiger partial charge in [-0.05, 0) is 59.8 Å². The Bertz CT molecular complexity index is 374. The molecule has 0 aliphatic rings. The highest BCUT2D eigenvalue weighted by Gasteiger charge is 2.36. The van der Waals surface area contributed by atoms with Gasteiger partial charge in [-0.3, -0.25) is 0 Å². The highest BCUT2D eigenvalue weighted by Crippen LogP contribution is 2.36. The lowest BCUT2D eigenvalue weighted by Crippen LogP contribution is -2.40. The summed E-state index contributed by atoms with van der Waals surface area (Å²) < 4.78 is 6.16. The molecule has 108 valence electrons. The van der Waals surface area contributed by atoms with Gasteiger partial charge in [0.25, 0.3) is 0 Å². The highest BCUT2D eigenvalue weighted by molar-refractivity contribution is 7.08. The monoisotopic (exact) mass is 296 g/mol. The standard InChI is InChI=1S/C16H28OSSi/c1-16(2,3)19(4,5)17-12-9-7-6-8-10-15-11-13-18-14-15/h8,10-11,13-14H,6-7,9,12H2,1-5H3/b10-8-. The van der Waals surface area contributed by atoms with Gasteiger partial charge >= 0.3 is 0 Å². The van der Waals surface area contributed by atoms with E-state index in [1.165, 1.54) is 18.4 Å². The van der Waals surface area contributed by atoms with Crippen LogP contribution in [0, 0.1) is 0 Å². The number of hydrogen-bond donors (Lipinski definition) is 0. The summed E-state index contributed by atoms with van der Waals surface area (Å²) in [6.45, 7) is 12.4. The fourth-order valence-electron chi connectivity index (χ4n) is 1.50. The van der Waals surface area contributed by atoms with Crippen LogP contribution in [0.15, 0.2) is 22.9 Å². The molecule has 1 aromatic rings. The van der Waals surface area contributed by atoms with Crippen LogP contribution >= 0.6 is 11.3 Å². The molecule has 1 rings (SSSR count). The Labute approximate surface area is 123 Å². The summed E-state index contributed by atoms with van der Waals surface area (Å²) in [6, 6.07) is 2.15. The van der Waals surface area contributed by atoms with E-state index in [1.807, 2.05) is 0 Å². The maximum Gasteiger partial charge on any atom is 0.191 e. The molecular weight excluding hydrogens is 268 g/mol. The maximum absolute atomic E-state index is 6.16. The van der Waals surface area contributed by atoms with Crippen molar-refractivity contribution >= 4 is 25.7 Å². The Kier molecular flexibility index (Phi) is 6.50. The van der Waals surface area contributed by atoms with Crippen molar-refractivity contribution in [2.24, 2.45) is 0 Å². The van der Waals surface area contributed by atoms with Gasteiger partial charge in [0.2, 0.25) is 0 Å². The van der Waals surface area contributed by atoms with E-state index in [-0.39, 0.29) is 0 Å². The molecule has 0 saturated carbocycles. The second-order valence-corrected chi connectivity index (χ2v) is 12.2. The first-order valence-corrected chi connectivity index (χ1v) is 11.0. The molecule has 1 aromatic heterocycles. The van der Waals surface area contributed by atoms with Crippen LogP contribution in [0.2, 0.25) is 18.1 Å². The first-order chi connectivity index (χ1) is 8.83. The average molecular weight is 297 g/mol. The lowest BCUT2D eigenvalue weighted by molar-refractivity contribution is 0.279. The number of rotatable bonds is 7. The van der Waals surface area contributed by atoms with Crippen molar-refractivity contribution in [2.45, 2.75) is 58.2 Å². The van der Waals surface area contributed by atoms with E-state index in [0.29, 0.717) is 5.04 Å². The Morgan fingerprint density at radius 3 is 2.58 bits per heavy atom. The number of unbranched alkanes of at least 4 members (excludes halogenated alkanes) is 2. The molecule has 19 heavy (non-hydrogen) atoms. The summed E-state index contributed by atoms with van der Waals surface area (Å²) in [5, 5.41) is 4.62. The van der Waals surface area contributed by atoms with E-state index in [4.69, 9.17) is 4.43 Å². The molecule has 0 atom stereocenters. The molecule has 0 N–H and O–H groups in total. The van der Waals surface area contributed by atoms with Gasteiger partial charge in [0.05, 0.1) is 0 Å². The molecule has 0 bridgehead atoms. The lowest BCUT2D eigenvalue weighted by atomic mass is 10.2. The van der Waals surface area contributed by atoms with Gasteiger partial charge in [-0.1, -0.05) is 32.9 Å². The van der Waals surface area contributed by atoms with Gasteiger partial charge in [0.15, 0.2) is 8.32 Å². The molecule has 0 aliphatic carbocycles. The predicted molar refractivity (Wildman–Crippen MR) is 90.4 cm³/mol. The number of hydrogen-bond acceptors (Lipinski definition) is 2. The third-order valence-electron chi connectivity index (χ3n) is 3.89. The molecule has 3 heteroatoms. The third-order valence-corrected chi connectivity index (χ3v) is 9.13. The maximum atomic E-state index is 6.16. The van der Waals surface area contributed by atoms with Gasteiger partial charge in [-0.25, -0.2) is 0 Å². The molecule has 0 aromatic carbocycles. The first kappa shape index (κ1) is 16.7. The van der Waals surface area contributed by atoms with Crippen LogP contribution in [-0.4, -0.2) is 14.9 Å². The molecule has 0 amide bonds. The molecule has 0 fully saturated rings. The van der Waals surface area contributed by atoms with Crippen molar-refractivity contribution in [1.82, 2.24) is 0 Å². The molecule has 0 unspecified atom stereocenters. The summed E-state index contributed by atoms with van der Waals surface area (Å²) in [7, 11) is -1.53. The summed E-state index contributed by atoms with van der Waals surface area (Å²) in [6.07, 6.45) is 8.02. The number of allylic oxidation sites excluding steroid dienone is 1. The highest BCUT2D eigenvalue weighted by atomic mass is 32.1. The van der Waals surface area contributed by atoms with Crippen molar-refractivity contribution in [3.05, 3.63) is 28.5 Å². The second-order valence-electron chi connectivity index (χ2n) is 6.56. The van der Waals surface area contributed by atoms with Crippen molar-refractivity contribution in [2.75, 3.05) is 6.61 Å². The molecule has 0 aliphatic heterocycles. The lowest BCUT2D eigenvalue weighted by Gasteiger charge is -2.36. The first-order valence-electron chi connectivity index (χ1n) is 7.16.